The number of carbonyl (C=O) groups excluding carboxylic acids is 1. The van der Waals surface area contributed by atoms with Gasteiger partial charge in [-0.05, 0) is 17.7 Å². The number of carbonyl (C=O) groups is 1. The number of nitrogens with one attached hydrogen (secondary N) is 1. The van der Waals surface area contributed by atoms with Gasteiger partial charge in [-0.2, -0.15) is 0 Å². The number of hydroxylamine groups is 1. The number of hydrogen-bond acceptors (Lipinski definition) is 4. The van der Waals surface area contributed by atoms with Crippen molar-refractivity contribution < 1.29 is 14.7 Å². The summed E-state index contributed by atoms with van der Waals surface area (Å²) in [7, 11) is 1.60. The molecule has 15 heavy (non-hydrogen) atoms. The van der Waals surface area contributed by atoms with Crippen molar-refractivity contribution in [3.05, 3.63) is 35.7 Å². The molecule has 0 atom stereocenters. The third-order valence-electron chi connectivity index (χ3n) is 1.68. The highest BCUT2D eigenvalue weighted by atomic mass is 16.5. The van der Waals surface area contributed by atoms with Crippen molar-refractivity contribution in [3.63, 3.8) is 0 Å². The summed E-state index contributed by atoms with van der Waals surface area (Å²) in [6.45, 7) is 0.459. The summed E-state index contributed by atoms with van der Waals surface area (Å²) in [5, 5.41) is 8.24. The molecule has 5 heteroatoms. The number of aromatic nitrogens is 1. The molecule has 5 nitrogen and oxygen atoms in total. The second-order valence-corrected chi connectivity index (χ2v) is 2.83. The minimum absolute atomic E-state index is 0.459. The number of hydrogen-bond donors (Lipinski definition) is 2. The van der Waals surface area contributed by atoms with Gasteiger partial charge in [0.2, 0.25) is 0 Å². The molecule has 0 spiro atoms. The van der Waals surface area contributed by atoms with E-state index in [1.165, 1.54) is 11.6 Å². The zero-order chi connectivity index (χ0) is 11.1. The molecule has 0 unspecified atom stereocenters. The fourth-order valence-electron chi connectivity index (χ4n) is 0.977. The summed E-state index contributed by atoms with van der Waals surface area (Å²) in [6.07, 6.45) is 4.39. The van der Waals surface area contributed by atoms with Crippen LogP contribution >= 0.6 is 0 Å². The highest BCUT2D eigenvalue weighted by molar-refractivity contribution is 5.90. The van der Waals surface area contributed by atoms with E-state index in [2.05, 4.69) is 4.98 Å². The van der Waals surface area contributed by atoms with Crippen LogP contribution in [0.2, 0.25) is 0 Å². The van der Waals surface area contributed by atoms with E-state index < -0.39 is 5.91 Å². The normalized spacial score (nSPS) is 10.5. The number of pyridine rings is 1. The van der Waals surface area contributed by atoms with Gasteiger partial charge >= 0.3 is 0 Å². The van der Waals surface area contributed by atoms with Gasteiger partial charge in [-0.1, -0.05) is 6.07 Å². The molecule has 0 aromatic carbocycles. The maximum Gasteiger partial charge on any atom is 0.267 e. The van der Waals surface area contributed by atoms with E-state index in [1.54, 1.807) is 25.4 Å². The van der Waals surface area contributed by atoms with Gasteiger partial charge < -0.3 is 4.74 Å². The lowest BCUT2D eigenvalue weighted by Gasteiger charge is -1.98. The molecular formula is C10H12N2O3. The Balaban J connectivity index is 2.64. The first kappa shape index (κ1) is 11.4. The van der Waals surface area contributed by atoms with Gasteiger partial charge in [-0.25, -0.2) is 5.48 Å². The molecule has 80 valence electrons. The monoisotopic (exact) mass is 208 g/mol. The summed E-state index contributed by atoms with van der Waals surface area (Å²) in [4.78, 5) is 14.8. The SMILES string of the molecule is COCc1ccc(/C=C/C(=O)NO)cn1. The first-order valence-corrected chi connectivity index (χ1v) is 4.32. The van der Waals surface area contributed by atoms with Gasteiger partial charge in [0.1, 0.15) is 0 Å². The number of ether oxygens (including phenoxy) is 1. The third-order valence-corrected chi connectivity index (χ3v) is 1.68. The molecule has 1 rings (SSSR count). The molecule has 0 aliphatic carbocycles. The van der Waals surface area contributed by atoms with Crippen LogP contribution in [0.25, 0.3) is 6.08 Å². The Morgan fingerprint density at radius 2 is 2.47 bits per heavy atom. The lowest BCUT2D eigenvalue weighted by atomic mass is 10.2. The summed E-state index contributed by atoms with van der Waals surface area (Å²) < 4.78 is 4.91. The Bertz CT molecular complexity index is 346. The van der Waals surface area contributed by atoms with Crippen LogP contribution in [0.3, 0.4) is 0 Å². The second kappa shape index (κ2) is 5.90. The maximum absolute atomic E-state index is 10.7. The van der Waals surface area contributed by atoms with Gasteiger partial charge in [0, 0.05) is 19.4 Å². The summed E-state index contributed by atoms with van der Waals surface area (Å²) in [5.41, 5.74) is 3.10. The molecule has 1 aromatic rings. The average Bonchev–Trinajstić information content (AvgIpc) is 2.28. The fraction of sp³-hybridized carbons (Fsp3) is 0.200. The number of methoxy groups -OCH3 is 1. The molecule has 2 N–H and O–H groups in total. The minimum atomic E-state index is -0.573. The van der Waals surface area contributed by atoms with Crippen LogP contribution < -0.4 is 5.48 Å². The maximum atomic E-state index is 10.7. The zero-order valence-electron chi connectivity index (χ0n) is 8.30. The van der Waals surface area contributed by atoms with Gasteiger partial charge in [-0.15, -0.1) is 0 Å². The second-order valence-electron chi connectivity index (χ2n) is 2.83. The number of amides is 1. The zero-order valence-corrected chi connectivity index (χ0v) is 8.30. The average molecular weight is 208 g/mol. The van der Waals surface area contributed by atoms with Crippen molar-refractivity contribution in [3.8, 4) is 0 Å². The summed E-state index contributed by atoms with van der Waals surface area (Å²) >= 11 is 0. The predicted molar refractivity (Wildman–Crippen MR) is 53.9 cm³/mol. The molecule has 0 aliphatic rings. The van der Waals surface area contributed by atoms with E-state index in [0.717, 1.165) is 11.3 Å². The van der Waals surface area contributed by atoms with E-state index in [4.69, 9.17) is 9.94 Å². The minimum Gasteiger partial charge on any atom is -0.378 e. The van der Waals surface area contributed by atoms with E-state index in [0.29, 0.717) is 6.61 Å². The fourth-order valence-corrected chi connectivity index (χ4v) is 0.977. The van der Waals surface area contributed by atoms with Gasteiger partial charge in [0.15, 0.2) is 0 Å². The van der Waals surface area contributed by atoms with Gasteiger partial charge in [0.05, 0.1) is 12.3 Å². The lowest BCUT2D eigenvalue weighted by molar-refractivity contribution is -0.124. The van der Waals surface area contributed by atoms with Crippen molar-refractivity contribution in [1.29, 1.82) is 0 Å². The first-order valence-electron chi connectivity index (χ1n) is 4.32. The highest BCUT2D eigenvalue weighted by Gasteiger charge is 1.94. The molecular weight excluding hydrogens is 196 g/mol. The molecule has 1 heterocycles. The van der Waals surface area contributed by atoms with Crippen LogP contribution in [0.1, 0.15) is 11.3 Å². The molecule has 0 aliphatic heterocycles. The van der Waals surface area contributed by atoms with Crippen molar-refractivity contribution in [2.45, 2.75) is 6.61 Å². The Labute approximate surface area is 87.4 Å². The van der Waals surface area contributed by atoms with Crippen LogP contribution in [0.5, 0.6) is 0 Å². The van der Waals surface area contributed by atoms with Crippen molar-refractivity contribution in [1.82, 2.24) is 10.5 Å². The van der Waals surface area contributed by atoms with E-state index >= 15 is 0 Å². The number of rotatable bonds is 4. The van der Waals surface area contributed by atoms with Crippen LogP contribution in [-0.4, -0.2) is 23.2 Å². The Hall–Kier alpha value is -1.72. The van der Waals surface area contributed by atoms with Crippen molar-refractivity contribution >= 4 is 12.0 Å². The molecule has 0 fully saturated rings. The van der Waals surface area contributed by atoms with Gasteiger partial charge in [-0.3, -0.25) is 15.0 Å². The lowest BCUT2D eigenvalue weighted by Crippen LogP contribution is -2.14. The largest absolute Gasteiger partial charge is 0.378 e. The molecule has 1 aromatic heterocycles. The van der Waals surface area contributed by atoms with Gasteiger partial charge in [0.25, 0.3) is 5.91 Å². The summed E-state index contributed by atoms with van der Waals surface area (Å²) in [5.74, 6) is -0.573. The van der Waals surface area contributed by atoms with Crippen molar-refractivity contribution in [2.75, 3.05) is 7.11 Å². The van der Waals surface area contributed by atoms with Crippen LogP contribution in [0, 0.1) is 0 Å². The van der Waals surface area contributed by atoms with Crippen LogP contribution in [-0.2, 0) is 16.1 Å². The molecule has 0 radical (unpaired) electrons. The van der Waals surface area contributed by atoms with E-state index in [-0.39, 0.29) is 0 Å². The number of nitrogens with zero attached hydrogens (tertiary/aromatic N) is 1. The Morgan fingerprint density at radius 1 is 1.67 bits per heavy atom. The van der Waals surface area contributed by atoms with E-state index in [1.807, 2.05) is 6.07 Å². The van der Waals surface area contributed by atoms with Crippen LogP contribution in [0.15, 0.2) is 24.4 Å². The van der Waals surface area contributed by atoms with Crippen LogP contribution in [0.4, 0.5) is 0 Å². The Morgan fingerprint density at radius 3 is 3.00 bits per heavy atom. The molecule has 0 saturated carbocycles. The summed E-state index contributed by atoms with van der Waals surface area (Å²) in [6, 6.07) is 3.61. The smallest absolute Gasteiger partial charge is 0.267 e. The standard InChI is InChI=1S/C10H12N2O3/c1-15-7-9-4-2-8(6-11-9)3-5-10(13)12-14/h2-6,14H,7H2,1H3,(H,12,13)/b5-3+. The molecule has 0 saturated heterocycles. The first-order chi connectivity index (χ1) is 7.26. The predicted octanol–water partition coefficient (Wildman–Crippen LogP) is 0.747. The third kappa shape index (κ3) is 3.88. The quantitative estimate of drug-likeness (QED) is 0.435. The highest BCUT2D eigenvalue weighted by Crippen LogP contribution is 2.03. The molecule has 0 bridgehead atoms. The topological polar surface area (TPSA) is 71.5 Å². The van der Waals surface area contributed by atoms with Crippen molar-refractivity contribution in [2.24, 2.45) is 0 Å². The Kier molecular flexibility index (Phi) is 4.46. The van der Waals surface area contributed by atoms with E-state index in [9.17, 15) is 4.79 Å². The molecule has 1 amide bonds.